The van der Waals surface area contributed by atoms with E-state index in [9.17, 15) is 14.7 Å². The zero-order valence-corrected chi connectivity index (χ0v) is 11.7. The molecule has 1 rings (SSSR count). The lowest BCUT2D eigenvalue weighted by atomic mass is 10.3. The summed E-state index contributed by atoms with van der Waals surface area (Å²) in [6, 6.07) is 5.18. The molecular weight excluding hydrogens is 273 g/mol. The molecule has 0 fully saturated rings. The molecule has 0 bridgehead atoms. The molecule has 0 spiro atoms. The molecule has 0 aliphatic heterocycles. The summed E-state index contributed by atoms with van der Waals surface area (Å²) < 4.78 is 27.0. The first kappa shape index (κ1) is 15.6. The van der Waals surface area contributed by atoms with Gasteiger partial charge in [-0.2, -0.15) is 0 Å². The maximum absolute atomic E-state index is 12.0. The van der Waals surface area contributed by atoms with Gasteiger partial charge in [-0.3, -0.25) is 19.2 Å². The van der Waals surface area contributed by atoms with Gasteiger partial charge in [-0.25, -0.2) is 4.57 Å². The molecule has 0 saturated carbocycles. The van der Waals surface area contributed by atoms with Gasteiger partial charge in [0.1, 0.15) is 5.75 Å². The number of rotatable bonds is 8. The van der Waals surface area contributed by atoms with E-state index in [4.69, 9.17) is 13.6 Å². The third kappa shape index (κ3) is 4.98. The Bertz CT molecular complexity index is 461. The van der Waals surface area contributed by atoms with Gasteiger partial charge in [0.2, 0.25) is 0 Å². The summed E-state index contributed by atoms with van der Waals surface area (Å²) >= 11 is 0. The Morgan fingerprint density at radius 2 is 1.95 bits per heavy atom. The first-order valence-corrected chi connectivity index (χ1v) is 7.21. The third-order valence-corrected chi connectivity index (χ3v) is 3.62. The lowest BCUT2D eigenvalue weighted by molar-refractivity contribution is -0.384. The van der Waals surface area contributed by atoms with E-state index in [0.29, 0.717) is 0 Å². The van der Waals surface area contributed by atoms with Crippen LogP contribution in [0.5, 0.6) is 5.75 Å². The molecule has 1 aromatic carbocycles. The second kappa shape index (κ2) is 7.23. The Hall–Kier alpha value is -1.43. The summed E-state index contributed by atoms with van der Waals surface area (Å²) in [6.07, 6.45) is 1.62. The summed E-state index contributed by atoms with van der Waals surface area (Å²) in [7, 11) is -2.44. The molecule has 8 heteroatoms. The van der Waals surface area contributed by atoms with Crippen molar-refractivity contribution in [3.8, 4) is 5.75 Å². The monoisotopic (exact) mass is 289 g/mol. The van der Waals surface area contributed by atoms with Crippen molar-refractivity contribution in [1.82, 2.24) is 0 Å². The highest BCUT2D eigenvalue weighted by Gasteiger charge is 2.26. The maximum atomic E-state index is 12.0. The first-order chi connectivity index (χ1) is 9.00. The number of phosphoric ester groups is 1. The number of nitro groups is 1. The number of non-ortho nitro benzene ring substituents is 1. The standard InChI is InChI=1S/C11H16NO6P/c1-3-4-9-17-19(15,16-2)18-11-7-5-10(6-8-11)12(13)14/h5-8H,3-4,9H2,1-2H3. The van der Waals surface area contributed by atoms with Crippen LogP contribution in [-0.2, 0) is 13.6 Å². The van der Waals surface area contributed by atoms with E-state index in [2.05, 4.69) is 0 Å². The average Bonchev–Trinajstić information content (AvgIpc) is 2.39. The van der Waals surface area contributed by atoms with Crippen LogP contribution in [0.2, 0.25) is 0 Å². The van der Waals surface area contributed by atoms with Crippen LogP contribution in [0.25, 0.3) is 0 Å². The summed E-state index contributed by atoms with van der Waals surface area (Å²) in [5.41, 5.74) is -0.0773. The zero-order chi connectivity index (χ0) is 14.3. The number of phosphoric acid groups is 1. The van der Waals surface area contributed by atoms with Crippen molar-refractivity contribution in [2.75, 3.05) is 13.7 Å². The van der Waals surface area contributed by atoms with E-state index < -0.39 is 12.7 Å². The van der Waals surface area contributed by atoms with Gasteiger partial charge in [0.25, 0.3) is 5.69 Å². The maximum Gasteiger partial charge on any atom is 0.529 e. The molecule has 0 aliphatic carbocycles. The molecular formula is C11H16NO6P. The molecule has 0 N–H and O–H groups in total. The normalized spacial score (nSPS) is 13.8. The number of hydrogen-bond acceptors (Lipinski definition) is 6. The van der Waals surface area contributed by atoms with E-state index in [1.54, 1.807) is 0 Å². The van der Waals surface area contributed by atoms with Crippen molar-refractivity contribution in [3.63, 3.8) is 0 Å². The summed E-state index contributed by atoms with van der Waals surface area (Å²) in [5.74, 6) is 0.187. The number of unbranched alkanes of at least 4 members (excludes halogenated alkanes) is 1. The molecule has 0 aliphatic rings. The van der Waals surface area contributed by atoms with Crippen molar-refractivity contribution in [2.45, 2.75) is 19.8 Å². The number of benzene rings is 1. The molecule has 0 saturated heterocycles. The van der Waals surface area contributed by atoms with Crippen LogP contribution < -0.4 is 4.52 Å². The molecule has 0 amide bonds. The lowest BCUT2D eigenvalue weighted by Gasteiger charge is -2.16. The number of nitro benzene ring substituents is 1. The van der Waals surface area contributed by atoms with Crippen LogP contribution in [0, 0.1) is 10.1 Å². The molecule has 1 atom stereocenters. The Morgan fingerprint density at radius 1 is 1.32 bits per heavy atom. The smallest absolute Gasteiger partial charge is 0.404 e. The highest BCUT2D eigenvalue weighted by atomic mass is 31.2. The highest BCUT2D eigenvalue weighted by Crippen LogP contribution is 2.48. The van der Waals surface area contributed by atoms with Gasteiger partial charge >= 0.3 is 7.82 Å². The van der Waals surface area contributed by atoms with Gasteiger partial charge in [0, 0.05) is 19.2 Å². The number of hydrogen-bond donors (Lipinski definition) is 0. The zero-order valence-electron chi connectivity index (χ0n) is 10.8. The second-order valence-corrected chi connectivity index (χ2v) is 5.36. The minimum absolute atomic E-state index is 0.0773. The quantitative estimate of drug-likeness (QED) is 0.315. The van der Waals surface area contributed by atoms with Crippen molar-refractivity contribution >= 4 is 13.5 Å². The van der Waals surface area contributed by atoms with Crippen molar-refractivity contribution in [3.05, 3.63) is 34.4 Å². The van der Waals surface area contributed by atoms with E-state index >= 15 is 0 Å². The molecule has 106 valence electrons. The SMILES string of the molecule is CCCCOP(=O)(OC)Oc1ccc([N+](=O)[O-])cc1. The predicted octanol–water partition coefficient (Wildman–Crippen LogP) is 3.54. The Kier molecular flexibility index (Phi) is 5.95. The van der Waals surface area contributed by atoms with Gasteiger partial charge in [0.05, 0.1) is 11.5 Å². The third-order valence-electron chi connectivity index (χ3n) is 2.24. The van der Waals surface area contributed by atoms with Crippen LogP contribution in [0.15, 0.2) is 24.3 Å². The molecule has 0 heterocycles. The summed E-state index contributed by atoms with van der Waals surface area (Å²) in [6.45, 7) is 2.23. The van der Waals surface area contributed by atoms with Gasteiger partial charge in [0.15, 0.2) is 0 Å². The van der Waals surface area contributed by atoms with Gasteiger partial charge in [-0.1, -0.05) is 13.3 Å². The van der Waals surface area contributed by atoms with Gasteiger partial charge < -0.3 is 4.52 Å². The van der Waals surface area contributed by atoms with E-state index in [1.807, 2.05) is 6.92 Å². The van der Waals surface area contributed by atoms with E-state index in [1.165, 1.54) is 31.4 Å². The average molecular weight is 289 g/mol. The van der Waals surface area contributed by atoms with Crippen LogP contribution in [-0.4, -0.2) is 18.6 Å². The molecule has 19 heavy (non-hydrogen) atoms. The van der Waals surface area contributed by atoms with Crippen molar-refractivity contribution in [2.24, 2.45) is 0 Å². The highest BCUT2D eigenvalue weighted by molar-refractivity contribution is 7.48. The predicted molar refractivity (Wildman–Crippen MR) is 69.2 cm³/mol. The Morgan fingerprint density at radius 3 is 2.42 bits per heavy atom. The van der Waals surface area contributed by atoms with E-state index in [-0.39, 0.29) is 18.0 Å². The molecule has 1 aromatic rings. The van der Waals surface area contributed by atoms with Gasteiger partial charge in [-0.15, -0.1) is 0 Å². The first-order valence-electron chi connectivity index (χ1n) is 5.75. The largest absolute Gasteiger partial charge is 0.529 e. The summed E-state index contributed by atoms with van der Waals surface area (Å²) in [5, 5.41) is 10.5. The Balaban J connectivity index is 2.69. The molecule has 7 nitrogen and oxygen atoms in total. The van der Waals surface area contributed by atoms with Crippen LogP contribution in [0.3, 0.4) is 0 Å². The fourth-order valence-electron chi connectivity index (χ4n) is 1.19. The Labute approximate surface area is 111 Å². The minimum Gasteiger partial charge on any atom is -0.404 e. The fourth-order valence-corrected chi connectivity index (χ4v) is 2.16. The van der Waals surface area contributed by atoms with Crippen LogP contribution >= 0.6 is 7.82 Å². The van der Waals surface area contributed by atoms with Gasteiger partial charge in [-0.05, 0) is 18.6 Å². The topological polar surface area (TPSA) is 87.9 Å². The van der Waals surface area contributed by atoms with Crippen LogP contribution in [0.1, 0.15) is 19.8 Å². The summed E-state index contributed by atoms with van der Waals surface area (Å²) in [4.78, 5) is 9.96. The number of nitrogens with zero attached hydrogens (tertiary/aromatic N) is 1. The minimum atomic E-state index is -3.66. The fraction of sp³-hybridized carbons (Fsp3) is 0.455. The van der Waals surface area contributed by atoms with Crippen LogP contribution in [0.4, 0.5) is 5.69 Å². The van der Waals surface area contributed by atoms with E-state index in [0.717, 1.165) is 12.8 Å². The molecule has 0 aromatic heterocycles. The second-order valence-electron chi connectivity index (χ2n) is 3.66. The lowest BCUT2D eigenvalue weighted by Crippen LogP contribution is -2.01. The van der Waals surface area contributed by atoms with Crippen molar-refractivity contribution < 1.29 is 23.1 Å². The molecule has 1 unspecified atom stereocenters. The van der Waals surface area contributed by atoms with Crippen molar-refractivity contribution in [1.29, 1.82) is 0 Å². The molecule has 0 radical (unpaired) electrons.